The number of para-hydroxylation sites is 1. The standard InChI is InChI=1S/C17H13BrO3/c1-10-6-7-14(20-2)12(8-10)16(19)15-9-11-4-3-5-13(18)17(11)21-15/h3-9H,1-2H3. The van der Waals surface area contributed by atoms with Crippen LogP contribution >= 0.6 is 15.9 Å². The number of rotatable bonds is 3. The van der Waals surface area contributed by atoms with Gasteiger partial charge in [-0.25, -0.2) is 0 Å². The number of benzene rings is 2. The minimum atomic E-state index is -0.182. The van der Waals surface area contributed by atoms with Gasteiger partial charge in [0.1, 0.15) is 11.3 Å². The van der Waals surface area contributed by atoms with Crippen molar-refractivity contribution >= 4 is 32.7 Å². The SMILES string of the molecule is COc1ccc(C)cc1C(=O)c1cc2cccc(Br)c2o1. The third-order valence-electron chi connectivity index (χ3n) is 3.32. The van der Waals surface area contributed by atoms with E-state index in [1.807, 2.05) is 37.3 Å². The average molecular weight is 345 g/mol. The van der Waals surface area contributed by atoms with Crippen molar-refractivity contribution in [1.29, 1.82) is 0 Å². The summed E-state index contributed by atoms with van der Waals surface area (Å²) in [4.78, 5) is 12.7. The van der Waals surface area contributed by atoms with Crippen LogP contribution in [0.25, 0.3) is 11.0 Å². The number of ether oxygens (including phenoxy) is 1. The van der Waals surface area contributed by atoms with Crippen molar-refractivity contribution in [1.82, 2.24) is 0 Å². The number of methoxy groups -OCH3 is 1. The summed E-state index contributed by atoms with van der Waals surface area (Å²) in [5.41, 5.74) is 2.18. The summed E-state index contributed by atoms with van der Waals surface area (Å²) in [5, 5.41) is 0.888. The molecule has 0 bridgehead atoms. The second-order valence-electron chi connectivity index (χ2n) is 4.80. The minimum Gasteiger partial charge on any atom is -0.496 e. The van der Waals surface area contributed by atoms with Gasteiger partial charge in [-0.05, 0) is 47.1 Å². The second-order valence-corrected chi connectivity index (χ2v) is 5.66. The van der Waals surface area contributed by atoms with E-state index in [1.54, 1.807) is 19.2 Å². The maximum atomic E-state index is 12.7. The highest BCUT2D eigenvalue weighted by atomic mass is 79.9. The normalized spacial score (nSPS) is 10.8. The zero-order valence-electron chi connectivity index (χ0n) is 11.6. The lowest BCUT2D eigenvalue weighted by atomic mass is 10.0. The van der Waals surface area contributed by atoms with Crippen molar-refractivity contribution in [3.63, 3.8) is 0 Å². The molecule has 0 unspecified atom stereocenters. The molecular formula is C17H13BrO3. The summed E-state index contributed by atoms with van der Waals surface area (Å²) in [6.07, 6.45) is 0. The van der Waals surface area contributed by atoms with E-state index in [4.69, 9.17) is 9.15 Å². The van der Waals surface area contributed by atoms with Crippen molar-refractivity contribution in [2.75, 3.05) is 7.11 Å². The molecule has 0 saturated heterocycles. The highest BCUT2D eigenvalue weighted by molar-refractivity contribution is 9.10. The van der Waals surface area contributed by atoms with E-state index >= 15 is 0 Å². The number of carbonyl (C=O) groups is 1. The molecule has 3 nitrogen and oxygen atoms in total. The first-order valence-electron chi connectivity index (χ1n) is 6.47. The Morgan fingerprint density at radius 2 is 2.00 bits per heavy atom. The van der Waals surface area contributed by atoms with Crippen LogP contribution in [-0.4, -0.2) is 12.9 Å². The molecule has 0 aliphatic rings. The van der Waals surface area contributed by atoms with E-state index < -0.39 is 0 Å². The minimum absolute atomic E-state index is 0.182. The van der Waals surface area contributed by atoms with Crippen molar-refractivity contribution in [3.05, 3.63) is 63.8 Å². The summed E-state index contributed by atoms with van der Waals surface area (Å²) in [6, 6.07) is 13.0. The number of ketones is 1. The number of hydrogen-bond acceptors (Lipinski definition) is 3. The molecule has 0 aliphatic carbocycles. The molecule has 21 heavy (non-hydrogen) atoms. The molecule has 1 aromatic heterocycles. The van der Waals surface area contributed by atoms with Gasteiger partial charge in [0.05, 0.1) is 17.1 Å². The Labute approximate surface area is 130 Å². The number of aryl methyl sites for hydroxylation is 1. The first kappa shape index (κ1) is 13.9. The van der Waals surface area contributed by atoms with Gasteiger partial charge in [-0.2, -0.15) is 0 Å². The summed E-state index contributed by atoms with van der Waals surface area (Å²) in [6.45, 7) is 1.94. The van der Waals surface area contributed by atoms with E-state index in [9.17, 15) is 4.79 Å². The molecule has 4 heteroatoms. The fourth-order valence-electron chi connectivity index (χ4n) is 2.27. The topological polar surface area (TPSA) is 39.4 Å². The molecule has 0 aliphatic heterocycles. The summed E-state index contributed by atoms with van der Waals surface area (Å²) >= 11 is 3.43. The molecule has 2 aromatic carbocycles. The van der Waals surface area contributed by atoms with Crippen molar-refractivity contribution in [2.45, 2.75) is 6.92 Å². The molecule has 0 amide bonds. The van der Waals surface area contributed by atoms with Gasteiger partial charge in [0.15, 0.2) is 5.76 Å². The number of carbonyl (C=O) groups excluding carboxylic acids is 1. The fourth-order valence-corrected chi connectivity index (χ4v) is 2.73. The molecule has 1 heterocycles. The summed E-state index contributed by atoms with van der Waals surface area (Å²) in [7, 11) is 1.55. The maximum Gasteiger partial charge on any atom is 0.231 e. The molecule has 0 radical (unpaired) electrons. The Balaban J connectivity index is 2.12. The van der Waals surface area contributed by atoms with E-state index in [2.05, 4.69) is 15.9 Å². The first-order chi connectivity index (χ1) is 10.1. The highest BCUT2D eigenvalue weighted by Crippen LogP contribution is 2.30. The van der Waals surface area contributed by atoms with E-state index in [1.165, 1.54) is 0 Å². The number of furan rings is 1. The lowest BCUT2D eigenvalue weighted by Crippen LogP contribution is -2.03. The fraction of sp³-hybridized carbons (Fsp3) is 0.118. The van der Waals surface area contributed by atoms with Crippen LogP contribution < -0.4 is 4.74 Å². The Kier molecular flexibility index (Phi) is 3.55. The zero-order chi connectivity index (χ0) is 15.0. The van der Waals surface area contributed by atoms with E-state index in [-0.39, 0.29) is 5.78 Å². The third-order valence-corrected chi connectivity index (χ3v) is 3.94. The molecule has 3 rings (SSSR count). The van der Waals surface area contributed by atoms with Crippen molar-refractivity contribution in [2.24, 2.45) is 0 Å². The Morgan fingerprint density at radius 1 is 1.19 bits per heavy atom. The monoisotopic (exact) mass is 344 g/mol. The predicted molar refractivity (Wildman–Crippen MR) is 85.1 cm³/mol. The van der Waals surface area contributed by atoms with Crippen molar-refractivity contribution in [3.8, 4) is 5.75 Å². The molecule has 0 saturated carbocycles. The smallest absolute Gasteiger partial charge is 0.231 e. The van der Waals surface area contributed by atoms with Crippen LogP contribution in [0.5, 0.6) is 5.75 Å². The van der Waals surface area contributed by atoms with Gasteiger partial charge in [-0.15, -0.1) is 0 Å². The van der Waals surface area contributed by atoms with Gasteiger partial charge in [0.2, 0.25) is 5.78 Å². The largest absolute Gasteiger partial charge is 0.496 e. The molecule has 0 atom stereocenters. The Bertz CT molecular complexity index is 833. The van der Waals surface area contributed by atoms with Gasteiger partial charge in [-0.3, -0.25) is 4.79 Å². The van der Waals surface area contributed by atoms with Gasteiger partial charge < -0.3 is 9.15 Å². The average Bonchev–Trinajstić information content (AvgIpc) is 2.92. The molecule has 0 N–H and O–H groups in total. The van der Waals surface area contributed by atoms with Crippen LogP contribution in [0.15, 0.2) is 51.4 Å². The van der Waals surface area contributed by atoms with Crippen LogP contribution in [0.2, 0.25) is 0 Å². The third kappa shape index (κ3) is 2.47. The second kappa shape index (κ2) is 5.37. The summed E-state index contributed by atoms with van der Waals surface area (Å²) in [5.74, 6) is 0.671. The lowest BCUT2D eigenvalue weighted by Gasteiger charge is -2.07. The quantitative estimate of drug-likeness (QED) is 0.644. The van der Waals surface area contributed by atoms with Crippen LogP contribution in [0.1, 0.15) is 21.7 Å². The van der Waals surface area contributed by atoms with Crippen LogP contribution in [-0.2, 0) is 0 Å². The van der Waals surface area contributed by atoms with Gasteiger partial charge >= 0.3 is 0 Å². The van der Waals surface area contributed by atoms with Gasteiger partial charge in [0, 0.05) is 5.39 Å². The highest BCUT2D eigenvalue weighted by Gasteiger charge is 2.19. The Morgan fingerprint density at radius 3 is 2.71 bits per heavy atom. The molecule has 0 spiro atoms. The molecular weight excluding hydrogens is 332 g/mol. The number of fused-ring (bicyclic) bond motifs is 1. The number of hydrogen-bond donors (Lipinski definition) is 0. The predicted octanol–water partition coefficient (Wildman–Crippen LogP) is 4.74. The molecule has 3 aromatic rings. The Hall–Kier alpha value is -2.07. The van der Waals surface area contributed by atoms with Crippen LogP contribution in [0.3, 0.4) is 0 Å². The molecule has 106 valence electrons. The van der Waals surface area contributed by atoms with Crippen LogP contribution in [0.4, 0.5) is 0 Å². The lowest BCUT2D eigenvalue weighted by molar-refractivity contribution is 0.101. The number of halogens is 1. The van der Waals surface area contributed by atoms with Gasteiger partial charge in [0.25, 0.3) is 0 Å². The zero-order valence-corrected chi connectivity index (χ0v) is 13.2. The summed E-state index contributed by atoms with van der Waals surface area (Å²) < 4.78 is 11.8. The maximum absolute atomic E-state index is 12.7. The van der Waals surface area contributed by atoms with E-state index in [0.29, 0.717) is 22.7 Å². The van der Waals surface area contributed by atoms with E-state index in [0.717, 1.165) is 15.4 Å². The van der Waals surface area contributed by atoms with Gasteiger partial charge in [-0.1, -0.05) is 23.8 Å². The molecule has 0 fully saturated rings. The van der Waals surface area contributed by atoms with Crippen LogP contribution in [0, 0.1) is 6.92 Å². The first-order valence-corrected chi connectivity index (χ1v) is 7.27. The van der Waals surface area contributed by atoms with Crippen molar-refractivity contribution < 1.29 is 13.9 Å².